The van der Waals surface area contributed by atoms with Gasteiger partial charge in [0.15, 0.2) is 0 Å². The van der Waals surface area contributed by atoms with Gasteiger partial charge in [0.2, 0.25) is 0 Å². The second-order valence-corrected chi connectivity index (χ2v) is 6.67. The fourth-order valence-corrected chi connectivity index (χ4v) is 3.82. The van der Waals surface area contributed by atoms with Crippen LogP contribution < -0.4 is 0 Å². The summed E-state index contributed by atoms with van der Waals surface area (Å²) in [5, 5.41) is 0. The molecule has 1 saturated carbocycles. The SMILES string of the molecule is Cc1ccc(CN2CCO[C@H]3CC[C@H]2[C@H]3OCc2ccncc2)o1. The van der Waals surface area contributed by atoms with Crippen molar-refractivity contribution in [2.45, 2.75) is 51.2 Å². The molecule has 128 valence electrons. The summed E-state index contributed by atoms with van der Waals surface area (Å²) in [5.74, 6) is 1.98. The van der Waals surface area contributed by atoms with Crippen molar-refractivity contribution in [3.8, 4) is 0 Å². The van der Waals surface area contributed by atoms with Crippen LogP contribution in [0.15, 0.2) is 41.1 Å². The van der Waals surface area contributed by atoms with Crippen molar-refractivity contribution in [1.82, 2.24) is 9.88 Å². The van der Waals surface area contributed by atoms with Crippen LogP contribution in [0.3, 0.4) is 0 Å². The van der Waals surface area contributed by atoms with Gasteiger partial charge in [-0.3, -0.25) is 9.88 Å². The van der Waals surface area contributed by atoms with Crippen molar-refractivity contribution in [3.05, 3.63) is 53.7 Å². The molecular weight excluding hydrogens is 304 g/mol. The van der Waals surface area contributed by atoms with Gasteiger partial charge < -0.3 is 13.9 Å². The van der Waals surface area contributed by atoms with E-state index in [1.807, 2.05) is 37.5 Å². The molecule has 3 atom stereocenters. The van der Waals surface area contributed by atoms with Crippen LogP contribution in [-0.2, 0) is 22.6 Å². The average Bonchev–Trinajstić information content (AvgIpc) is 3.13. The van der Waals surface area contributed by atoms with Gasteiger partial charge in [0, 0.05) is 25.0 Å². The van der Waals surface area contributed by atoms with Gasteiger partial charge in [0.25, 0.3) is 0 Å². The topological polar surface area (TPSA) is 47.7 Å². The first kappa shape index (κ1) is 15.8. The lowest BCUT2D eigenvalue weighted by molar-refractivity contribution is -0.0616. The molecule has 4 rings (SSSR count). The number of aryl methyl sites for hydroxylation is 1. The van der Waals surface area contributed by atoms with E-state index >= 15 is 0 Å². The number of pyridine rings is 1. The van der Waals surface area contributed by atoms with Gasteiger partial charge in [-0.05, 0) is 49.6 Å². The Morgan fingerprint density at radius 2 is 2.08 bits per heavy atom. The Labute approximate surface area is 142 Å². The first-order chi connectivity index (χ1) is 11.8. The third-order valence-corrected chi connectivity index (χ3v) is 5.02. The van der Waals surface area contributed by atoms with E-state index in [9.17, 15) is 0 Å². The summed E-state index contributed by atoms with van der Waals surface area (Å²) >= 11 is 0. The molecule has 0 radical (unpaired) electrons. The predicted octanol–water partition coefficient (Wildman–Crippen LogP) is 2.93. The number of hydrogen-bond acceptors (Lipinski definition) is 5. The Hall–Kier alpha value is -1.69. The van der Waals surface area contributed by atoms with Gasteiger partial charge in [-0.2, -0.15) is 0 Å². The normalized spacial score (nSPS) is 27.3. The molecule has 0 aromatic carbocycles. The van der Waals surface area contributed by atoms with E-state index in [1.165, 1.54) is 0 Å². The molecule has 2 aromatic heterocycles. The number of fused-ring (bicyclic) bond motifs is 2. The minimum atomic E-state index is 0.122. The second-order valence-electron chi connectivity index (χ2n) is 6.67. The van der Waals surface area contributed by atoms with Gasteiger partial charge in [-0.1, -0.05) is 0 Å². The van der Waals surface area contributed by atoms with Crippen molar-refractivity contribution >= 4 is 0 Å². The first-order valence-corrected chi connectivity index (χ1v) is 8.71. The third-order valence-electron chi connectivity index (χ3n) is 5.02. The zero-order valence-electron chi connectivity index (χ0n) is 14.1. The Morgan fingerprint density at radius 3 is 2.88 bits per heavy atom. The highest BCUT2D eigenvalue weighted by Crippen LogP contribution is 2.33. The summed E-state index contributed by atoms with van der Waals surface area (Å²) in [6, 6.07) is 8.50. The summed E-state index contributed by atoms with van der Waals surface area (Å²) in [6.07, 6.45) is 6.13. The van der Waals surface area contributed by atoms with Crippen LogP contribution in [0.5, 0.6) is 0 Å². The molecule has 5 heteroatoms. The highest BCUT2D eigenvalue weighted by molar-refractivity contribution is 5.09. The maximum atomic E-state index is 6.28. The van der Waals surface area contributed by atoms with E-state index in [-0.39, 0.29) is 12.2 Å². The van der Waals surface area contributed by atoms with Crippen LogP contribution in [0, 0.1) is 6.92 Å². The van der Waals surface area contributed by atoms with E-state index in [0.29, 0.717) is 12.6 Å². The van der Waals surface area contributed by atoms with E-state index in [0.717, 1.165) is 49.6 Å². The lowest BCUT2D eigenvalue weighted by Crippen LogP contribution is -2.42. The number of hydrogen-bond donors (Lipinski definition) is 0. The number of furan rings is 1. The van der Waals surface area contributed by atoms with Crippen LogP contribution in [0.2, 0.25) is 0 Å². The van der Waals surface area contributed by atoms with Crippen LogP contribution in [-0.4, -0.2) is 41.3 Å². The van der Waals surface area contributed by atoms with Gasteiger partial charge in [0.05, 0.1) is 32.0 Å². The van der Waals surface area contributed by atoms with Gasteiger partial charge in [0.1, 0.15) is 11.5 Å². The minimum Gasteiger partial charge on any atom is -0.465 e. The largest absolute Gasteiger partial charge is 0.465 e. The Morgan fingerprint density at radius 1 is 1.21 bits per heavy atom. The molecule has 1 aliphatic carbocycles. The Balaban J connectivity index is 1.45. The fourth-order valence-electron chi connectivity index (χ4n) is 3.82. The molecule has 0 amide bonds. The fraction of sp³-hybridized carbons (Fsp3) is 0.526. The number of nitrogens with zero attached hydrogens (tertiary/aromatic N) is 2. The molecule has 0 unspecified atom stereocenters. The zero-order valence-corrected chi connectivity index (χ0v) is 14.1. The second kappa shape index (κ2) is 7.05. The van der Waals surface area contributed by atoms with Crippen LogP contribution in [0.1, 0.15) is 29.9 Å². The molecule has 0 N–H and O–H groups in total. The number of rotatable bonds is 5. The lowest BCUT2D eigenvalue weighted by Gasteiger charge is -2.30. The van der Waals surface area contributed by atoms with E-state index in [2.05, 4.69) is 16.0 Å². The highest BCUT2D eigenvalue weighted by Gasteiger charge is 2.43. The molecule has 2 aliphatic rings. The first-order valence-electron chi connectivity index (χ1n) is 8.71. The maximum absolute atomic E-state index is 6.28. The Bertz CT molecular complexity index is 658. The molecule has 2 bridgehead atoms. The van der Waals surface area contributed by atoms with Gasteiger partial charge in [-0.25, -0.2) is 0 Å². The van der Waals surface area contributed by atoms with Gasteiger partial charge >= 0.3 is 0 Å². The summed E-state index contributed by atoms with van der Waals surface area (Å²) in [7, 11) is 0. The van der Waals surface area contributed by atoms with E-state index < -0.39 is 0 Å². The van der Waals surface area contributed by atoms with E-state index in [1.54, 1.807) is 0 Å². The average molecular weight is 328 g/mol. The molecule has 1 saturated heterocycles. The predicted molar refractivity (Wildman–Crippen MR) is 89.4 cm³/mol. The molecule has 5 nitrogen and oxygen atoms in total. The third kappa shape index (κ3) is 3.38. The van der Waals surface area contributed by atoms with Crippen molar-refractivity contribution in [2.24, 2.45) is 0 Å². The Kier molecular flexibility index (Phi) is 4.65. The summed E-state index contributed by atoms with van der Waals surface area (Å²) < 4.78 is 18.1. The molecule has 2 fully saturated rings. The molecule has 2 aromatic rings. The molecule has 24 heavy (non-hydrogen) atoms. The van der Waals surface area contributed by atoms with Crippen molar-refractivity contribution in [1.29, 1.82) is 0 Å². The summed E-state index contributed by atoms with van der Waals surface area (Å²) in [5.41, 5.74) is 1.15. The van der Waals surface area contributed by atoms with Crippen molar-refractivity contribution < 1.29 is 13.9 Å². The van der Waals surface area contributed by atoms with Crippen LogP contribution in [0.25, 0.3) is 0 Å². The number of aromatic nitrogens is 1. The van der Waals surface area contributed by atoms with Crippen LogP contribution >= 0.6 is 0 Å². The summed E-state index contributed by atoms with van der Waals surface area (Å²) in [6.45, 7) is 5.11. The smallest absolute Gasteiger partial charge is 0.118 e. The lowest BCUT2D eigenvalue weighted by atomic mass is 10.1. The van der Waals surface area contributed by atoms with Crippen LogP contribution in [0.4, 0.5) is 0 Å². The molecular formula is C19H24N2O3. The zero-order chi connectivity index (χ0) is 16.4. The minimum absolute atomic E-state index is 0.122. The molecule has 0 spiro atoms. The molecule has 1 aliphatic heterocycles. The monoisotopic (exact) mass is 328 g/mol. The van der Waals surface area contributed by atoms with Crippen molar-refractivity contribution in [2.75, 3.05) is 13.2 Å². The standard InChI is InChI=1S/C19H24N2O3/c1-14-2-3-16(24-14)12-21-10-11-22-18-5-4-17(21)19(18)23-13-15-6-8-20-9-7-15/h2-3,6-9,17-19H,4-5,10-13H2,1H3/t17-,18-,19+/m0/s1. The molecule has 3 heterocycles. The highest BCUT2D eigenvalue weighted by atomic mass is 16.5. The van der Waals surface area contributed by atoms with E-state index in [4.69, 9.17) is 13.9 Å². The van der Waals surface area contributed by atoms with Crippen molar-refractivity contribution in [3.63, 3.8) is 0 Å². The number of ether oxygens (including phenoxy) is 2. The maximum Gasteiger partial charge on any atom is 0.118 e. The quantitative estimate of drug-likeness (QED) is 0.844. The van der Waals surface area contributed by atoms with Gasteiger partial charge in [-0.15, -0.1) is 0 Å². The summed E-state index contributed by atoms with van der Waals surface area (Å²) in [4.78, 5) is 6.52.